The minimum Gasteiger partial charge on any atom is -0.497 e. The molecule has 0 radical (unpaired) electrons. The lowest BCUT2D eigenvalue weighted by Crippen LogP contribution is -2.86. The van der Waals surface area contributed by atoms with Gasteiger partial charge in [-0.1, -0.05) is 24.3 Å². The molecule has 0 aromatic heterocycles. The molecule has 0 amide bonds. The smallest absolute Gasteiger partial charge is 0.385 e. The third kappa shape index (κ3) is 2.20. The zero-order chi connectivity index (χ0) is 19.4. The molecule has 3 rings (SSSR count). The van der Waals surface area contributed by atoms with Crippen molar-refractivity contribution in [3.8, 4) is 22.6 Å². The van der Waals surface area contributed by atoms with Crippen molar-refractivity contribution in [1.82, 2.24) is 0 Å². The third-order valence-electron chi connectivity index (χ3n) is 4.53. The number of alkyl halides is 6. The zero-order valence-electron chi connectivity index (χ0n) is 13.7. The molecule has 0 heterocycles. The summed E-state index contributed by atoms with van der Waals surface area (Å²) in [6, 6.07) is 11.9. The molecular formula is C18H14F6O2. The van der Waals surface area contributed by atoms with E-state index in [1.54, 1.807) is 24.3 Å². The summed E-state index contributed by atoms with van der Waals surface area (Å²) in [7, 11) is 1.51. The third-order valence-corrected chi connectivity index (χ3v) is 4.53. The van der Waals surface area contributed by atoms with Crippen molar-refractivity contribution >= 4 is 0 Å². The zero-order valence-corrected chi connectivity index (χ0v) is 13.7. The Morgan fingerprint density at radius 3 is 1.46 bits per heavy atom. The molecule has 0 saturated heterocycles. The van der Waals surface area contributed by atoms with Gasteiger partial charge in [0, 0.05) is 0 Å². The molecule has 26 heavy (non-hydrogen) atoms. The van der Waals surface area contributed by atoms with Gasteiger partial charge in [-0.2, -0.15) is 22.0 Å². The Morgan fingerprint density at radius 1 is 0.654 bits per heavy atom. The maximum Gasteiger partial charge on any atom is 0.385 e. The van der Waals surface area contributed by atoms with Crippen LogP contribution in [0.1, 0.15) is 6.92 Å². The highest BCUT2D eigenvalue weighted by atomic mass is 19.3. The standard InChI is InChI=1S/C18H14F6O2/c1-15(19)16(20,21)17(22,23)18(15,24)26-14-9-5-12(6-10-14)11-3-7-13(25-2)8-4-11/h3-10H,1-2H3. The molecule has 1 aliphatic carbocycles. The number of benzene rings is 2. The van der Waals surface area contributed by atoms with E-state index >= 15 is 0 Å². The Balaban J connectivity index is 1.83. The molecule has 2 aromatic rings. The summed E-state index contributed by atoms with van der Waals surface area (Å²) in [5.41, 5.74) is -2.80. The largest absolute Gasteiger partial charge is 0.497 e. The van der Waals surface area contributed by atoms with Gasteiger partial charge >= 0.3 is 17.7 Å². The van der Waals surface area contributed by atoms with Crippen LogP contribution in [-0.2, 0) is 0 Å². The van der Waals surface area contributed by atoms with Crippen LogP contribution in [0.15, 0.2) is 48.5 Å². The van der Waals surface area contributed by atoms with E-state index in [4.69, 9.17) is 4.74 Å². The molecule has 2 unspecified atom stereocenters. The second kappa shape index (κ2) is 5.56. The van der Waals surface area contributed by atoms with Gasteiger partial charge in [-0.3, -0.25) is 0 Å². The SMILES string of the molecule is COc1ccc(-c2ccc(OC3(F)C(C)(F)C(F)(F)C3(F)F)cc2)cc1. The fourth-order valence-electron chi connectivity index (χ4n) is 2.75. The quantitative estimate of drug-likeness (QED) is 0.664. The highest BCUT2D eigenvalue weighted by Crippen LogP contribution is 2.67. The van der Waals surface area contributed by atoms with Crippen LogP contribution in [0, 0.1) is 0 Å². The highest BCUT2D eigenvalue weighted by Gasteiger charge is 2.98. The van der Waals surface area contributed by atoms with Crippen LogP contribution < -0.4 is 9.47 Å². The Kier molecular flexibility index (Phi) is 3.94. The van der Waals surface area contributed by atoms with Crippen LogP contribution in [0.4, 0.5) is 26.3 Å². The first-order valence-corrected chi connectivity index (χ1v) is 7.55. The summed E-state index contributed by atoms with van der Waals surface area (Å²) in [5.74, 6) is -14.8. The van der Waals surface area contributed by atoms with E-state index in [0.29, 0.717) is 11.3 Å². The summed E-state index contributed by atoms with van der Waals surface area (Å²) in [6.07, 6.45) is 0. The van der Waals surface area contributed by atoms with Crippen molar-refractivity contribution in [3.63, 3.8) is 0 Å². The summed E-state index contributed by atoms with van der Waals surface area (Å²) in [4.78, 5) is 0. The van der Waals surface area contributed by atoms with Crippen molar-refractivity contribution in [2.45, 2.75) is 30.3 Å². The van der Waals surface area contributed by atoms with Crippen LogP contribution >= 0.6 is 0 Å². The summed E-state index contributed by atoms with van der Waals surface area (Å²) >= 11 is 0. The Morgan fingerprint density at radius 2 is 1.08 bits per heavy atom. The van der Waals surface area contributed by atoms with Crippen LogP contribution in [0.2, 0.25) is 0 Å². The fourth-order valence-corrected chi connectivity index (χ4v) is 2.75. The highest BCUT2D eigenvalue weighted by molar-refractivity contribution is 5.65. The second-order valence-electron chi connectivity index (χ2n) is 6.10. The van der Waals surface area contributed by atoms with Crippen LogP contribution in [0.25, 0.3) is 11.1 Å². The lowest BCUT2D eigenvalue weighted by atomic mass is 9.69. The molecule has 1 saturated carbocycles. The van der Waals surface area contributed by atoms with Crippen molar-refractivity contribution in [1.29, 1.82) is 0 Å². The van der Waals surface area contributed by atoms with Gasteiger partial charge in [-0.25, -0.2) is 4.39 Å². The lowest BCUT2D eigenvalue weighted by molar-refractivity contribution is -0.480. The van der Waals surface area contributed by atoms with E-state index < -0.39 is 29.1 Å². The number of methoxy groups -OCH3 is 1. The molecule has 2 atom stereocenters. The van der Waals surface area contributed by atoms with Crippen LogP contribution in [0.5, 0.6) is 11.5 Å². The summed E-state index contributed by atoms with van der Waals surface area (Å²) < 4.78 is 90.8. The monoisotopic (exact) mass is 376 g/mol. The first-order chi connectivity index (χ1) is 12.0. The molecule has 0 N–H and O–H groups in total. The predicted octanol–water partition coefficient (Wildman–Crippen LogP) is 5.42. The van der Waals surface area contributed by atoms with Gasteiger partial charge < -0.3 is 9.47 Å². The summed E-state index contributed by atoms with van der Waals surface area (Å²) in [5, 5.41) is 0. The first-order valence-electron chi connectivity index (χ1n) is 7.55. The van der Waals surface area contributed by atoms with Gasteiger partial charge in [0.05, 0.1) is 7.11 Å². The molecule has 1 fully saturated rings. The summed E-state index contributed by atoms with van der Waals surface area (Å²) in [6.45, 7) is 0.0517. The van der Waals surface area contributed by atoms with E-state index in [2.05, 4.69) is 4.74 Å². The second-order valence-corrected chi connectivity index (χ2v) is 6.10. The number of rotatable bonds is 4. The van der Waals surface area contributed by atoms with Gasteiger partial charge in [0.15, 0.2) is 0 Å². The van der Waals surface area contributed by atoms with Gasteiger partial charge in [-0.15, -0.1) is 0 Å². The van der Waals surface area contributed by atoms with Crippen LogP contribution in [-0.4, -0.2) is 30.5 Å². The first kappa shape index (κ1) is 18.4. The average Bonchev–Trinajstić information content (AvgIpc) is 2.61. The van der Waals surface area contributed by atoms with Crippen molar-refractivity contribution < 1.29 is 35.8 Å². The fraction of sp³-hybridized carbons (Fsp3) is 0.333. The average molecular weight is 376 g/mol. The maximum absolute atomic E-state index is 14.3. The molecule has 8 heteroatoms. The van der Waals surface area contributed by atoms with E-state index in [-0.39, 0.29) is 6.92 Å². The molecule has 0 aliphatic heterocycles. The topological polar surface area (TPSA) is 18.5 Å². The van der Waals surface area contributed by atoms with E-state index in [0.717, 1.165) is 17.7 Å². The Bertz CT molecular complexity index is 781. The lowest BCUT2D eigenvalue weighted by Gasteiger charge is -2.55. The molecule has 140 valence electrons. The van der Waals surface area contributed by atoms with E-state index in [1.807, 2.05) is 0 Å². The number of hydrogen-bond donors (Lipinski definition) is 0. The van der Waals surface area contributed by atoms with Gasteiger partial charge in [-0.05, 0) is 42.3 Å². The molecule has 1 aliphatic rings. The molecular weight excluding hydrogens is 362 g/mol. The van der Waals surface area contributed by atoms with Gasteiger partial charge in [0.25, 0.3) is 5.67 Å². The van der Waals surface area contributed by atoms with Crippen molar-refractivity contribution in [2.75, 3.05) is 7.11 Å². The normalized spacial score (nSPS) is 28.9. The molecule has 0 spiro atoms. The minimum atomic E-state index is -5.29. The molecule has 2 nitrogen and oxygen atoms in total. The Labute approximate surface area is 145 Å². The predicted molar refractivity (Wildman–Crippen MR) is 82.3 cm³/mol. The van der Waals surface area contributed by atoms with E-state index in [1.165, 1.54) is 19.2 Å². The van der Waals surface area contributed by atoms with Crippen LogP contribution in [0.3, 0.4) is 0 Å². The van der Waals surface area contributed by atoms with Gasteiger partial charge in [0.2, 0.25) is 0 Å². The van der Waals surface area contributed by atoms with Gasteiger partial charge in [0.1, 0.15) is 11.5 Å². The molecule has 2 aromatic carbocycles. The minimum absolute atomic E-state index is 0.0517. The van der Waals surface area contributed by atoms with E-state index in [9.17, 15) is 26.3 Å². The Hall–Kier alpha value is -2.38. The number of ether oxygens (including phenoxy) is 2. The maximum atomic E-state index is 14.3. The van der Waals surface area contributed by atoms with Crippen molar-refractivity contribution in [3.05, 3.63) is 48.5 Å². The number of hydrogen-bond acceptors (Lipinski definition) is 2. The number of halogens is 6. The van der Waals surface area contributed by atoms with Crippen molar-refractivity contribution in [2.24, 2.45) is 0 Å². The molecule has 0 bridgehead atoms.